The van der Waals surface area contributed by atoms with Crippen molar-refractivity contribution in [3.8, 4) is 5.75 Å². The first-order valence-corrected chi connectivity index (χ1v) is 7.79. The highest BCUT2D eigenvalue weighted by atomic mass is 16.7. The van der Waals surface area contributed by atoms with Gasteiger partial charge in [0.1, 0.15) is 5.75 Å². The van der Waals surface area contributed by atoms with Crippen molar-refractivity contribution in [1.82, 2.24) is 5.01 Å². The van der Waals surface area contributed by atoms with Crippen molar-refractivity contribution in [1.29, 1.82) is 0 Å². The predicted molar refractivity (Wildman–Crippen MR) is 86.8 cm³/mol. The lowest BCUT2D eigenvalue weighted by atomic mass is 10.1. The fourth-order valence-corrected chi connectivity index (χ4v) is 2.21. The number of ether oxygens (including phenoxy) is 1. The summed E-state index contributed by atoms with van der Waals surface area (Å²) in [6.45, 7) is 6.26. The third-order valence-corrected chi connectivity index (χ3v) is 4.01. The minimum atomic E-state index is -0.723. The van der Waals surface area contributed by atoms with E-state index in [9.17, 15) is 10.0 Å². The minimum Gasteiger partial charge on any atom is -0.497 e. The Morgan fingerprint density at radius 1 is 1.42 bits per heavy atom. The molecule has 8 heteroatoms. The van der Waals surface area contributed by atoms with Crippen LogP contribution in [0.5, 0.6) is 5.75 Å². The van der Waals surface area contributed by atoms with Gasteiger partial charge in [0.2, 0.25) is 6.10 Å². The van der Waals surface area contributed by atoms with Crippen LogP contribution >= 0.6 is 0 Å². The van der Waals surface area contributed by atoms with E-state index in [4.69, 9.17) is 9.57 Å². The molecule has 1 atom stereocenters. The smallest absolute Gasteiger partial charge is 0.275 e. The van der Waals surface area contributed by atoms with Crippen LogP contribution in [0.1, 0.15) is 27.2 Å². The molecule has 24 heavy (non-hydrogen) atoms. The van der Waals surface area contributed by atoms with Crippen LogP contribution in [0.2, 0.25) is 0 Å². The average Bonchev–Trinajstić information content (AvgIpc) is 2.91. The third kappa shape index (κ3) is 3.87. The highest BCUT2D eigenvalue weighted by Crippen LogP contribution is 2.26. The van der Waals surface area contributed by atoms with Crippen LogP contribution in [0.25, 0.3) is 0 Å². The molecule has 0 spiro atoms. The fourth-order valence-electron chi connectivity index (χ4n) is 2.21. The van der Waals surface area contributed by atoms with Gasteiger partial charge in [-0.15, -0.1) is 5.01 Å². The maximum Gasteiger partial charge on any atom is 0.275 e. The molecule has 0 unspecified atom stereocenters. The summed E-state index contributed by atoms with van der Waals surface area (Å²) in [5, 5.41) is 15.0. The Labute approximate surface area is 141 Å². The van der Waals surface area contributed by atoms with E-state index < -0.39 is 6.10 Å². The molecule has 0 aromatic heterocycles. The summed E-state index contributed by atoms with van der Waals surface area (Å²) in [4.78, 5) is 19.9. The molecule has 1 heterocycles. The SMILES string of the molecule is COc1cccc(N2CC[C@@H](O/N=[N+](\O)N(C)C(C)(C)C)C2=O)c1. The summed E-state index contributed by atoms with van der Waals surface area (Å²) in [6, 6.07) is 7.28. The van der Waals surface area contributed by atoms with E-state index in [2.05, 4.69) is 5.28 Å². The predicted octanol–water partition coefficient (Wildman–Crippen LogP) is 2.23. The van der Waals surface area contributed by atoms with E-state index in [1.54, 1.807) is 25.1 Å². The first kappa shape index (κ1) is 17.8. The Morgan fingerprint density at radius 2 is 2.12 bits per heavy atom. The molecular weight excluding hydrogens is 312 g/mol. The largest absolute Gasteiger partial charge is 0.497 e. The Bertz CT molecular complexity index is 627. The standard InChI is InChI=1S/C16H25N4O4/c1-16(2,3)18(4)20(22)17-24-14-9-10-19(15(14)21)12-7-6-8-13(11-12)23-5/h6-8,11,14H,9-10H2,1-5H3,(H,17,22)/q+1/t14-/m1/s1. The van der Waals surface area contributed by atoms with Crippen LogP contribution in [0.4, 0.5) is 5.69 Å². The number of methoxy groups -OCH3 is 1. The zero-order valence-electron chi connectivity index (χ0n) is 14.8. The molecule has 1 saturated heterocycles. The molecule has 1 fully saturated rings. The van der Waals surface area contributed by atoms with Crippen molar-refractivity contribution in [2.75, 3.05) is 25.6 Å². The molecule has 0 bridgehead atoms. The van der Waals surface area contributed by atoms with E-state index in [0.29, 0.717) is 23.7 Å². The van der Waals surface area contributed by atoms with Crippen LogP contribution in [-0.2, 0) is 9.63 Å². The summed E-state index contributed by atoms with van der Waals surface area (Å²) in [5.74, 6) is 0.488. The number of amides is 1. The number of carbonyl (C=O) groups is 1. The molecule has 1 aliphatic heterocycles. The van der Waals surface area contributed by atoms with Gasteiger partial charge >= 0.3 is 0 Å². The number of hydrogen-bond donors (Lipinski definition) is 1. The van der Waals surface area contributed by atoms with Crippen molar-refractivity contribution >= 4 is 11.6 Å². The van der Waals surface area contributed by atoms with Crippen LogP contribution < -0.4 is 9.64 Å². The monoisotopic (exact) mass is 337 g/mol. The van der Waals surface area contributed by atoms with Crippen molar-refractivity contribution < 1.29 is 24.5 Å². The Balaban J connectivity index is 2.04. The first-order chi connectivity index (χ1) is 11.2. The molecule has 1 N–H and O–H groups in total. The van der Waals surface area contributed by atoms with E-state index in [-0.39, 0.29) is 11.4 Å². The van der Waals surface area contributed by atoms with E-state index in [1.165, 1.54) is 5.01 Å². The number of hydrogen-bond acceptors (Lipinski definition) is 4. The second-order valence-corrected chi connectivity index (χ2v) is 6.62. The van der Waals surface area contributed by atoms with Gasteiger partial charge in [-0.25, -0.2) is 5.21 Å². The molecule has 1 aromatic carbocycles. The summed E-state index contributed by atoms with van der Waals surface area (Å²) in [5.41, 5.74) is 0.409. The van der Waals surface area contributed by atoms with Gasteiger partial charge in [0, 0.05) is 24.7 Å². The van der Waals surface area contributed by atoms with Crippen LogP contribution in [0.15, 0.2) is 29.5 Å². The number of benzene rings is 1. The van der Waals surface area contributed by atoms with E-state index in [1.807, 2.05) is 39.0 Å². The Kier molecular flexibility index (Phi) is 5.16. The number of hydrazine groups is 1. The lowest BCUT2D eigenvalue weighted by molar-refractivity contribution is -0.946. The zero-order valence-corrected chi connectivity index (χ0v) is 14.8. The molecule has 1 amide bonds. The normalized spacial score (nSPS) is 18.7. The topological polar surface area (TPSA) is 77.6 Å². The van der Waals surface area contributed by atoms with Crippen molar-refractivity contribution in [2.45, 2.75) is 38.8 Å². The fraction of sp³-hybridized carbons (Fsp3) is 0.562. The van der Waals surface area contributed by atoms with Crippen LogP contribution in [0.3, 0.4) is 0 Å². The molecule has 132 valence electrons. The Morgan fingerprint density at radius 3 is 2.75 bits per heavy atom. The highest BCUT2D eigenvalue weighted by molar-refractivity contribution is 5.98. The maximum absolute atomic E-state index is 12.5. The number of nitrogens with zero attached hydrogens (tertiary/aromatic N) is 4. The number of carbonyl (C=O) groups excluding carboxylic acids is 1. The summed E-state index contributed by atoms with van der Waals surface area (Å²) in [7, 11) is 3.25. The minimum absolute atomic E-state index is 0.196. The molecular formula is C16H25N4O4+. The quantitative estimate of drug-likeness (QED) is 0.506. The average molecular weight is 337 g/mol. The van der Waals surface area contributed by atoms with Crippen molar-refractivity contribution in [3.05, 3.63) is 24.3 Å². The number of rotatable bonds is 5. The second-order valence-electron chi connectivity index (χ2n) is 6.62. The number of anilines is 1. The molecule has 0 aliphatic carbocycles. The van der Waals surface area contributed by atoms with E-state index in [0.717, 1.165) is 5.69 Å². The summed E-state index contributed by atoms with van der Waals surface area (Å²) in [6.07, 6.45) is -0.230. The molecule has 1 aliphatic rings. The Hall–Kier alpha value is -2.51. The molecule has 1 aromatic rings. The molecule has 0 saturated carbocycles. The summed E-state index contributed by atoms with van der Waals surface area (Å²) >= 11 is 0. The van der Waals surface area contributed by atoms with Crippen LogP contribution in [-0.4, -0.2) is 53.4 Å². The molecule has 2 rings (SSSR count). The van der Waals surface area contributed by atoms with Gasteiger partial charge in [-0.3, -0.25) is 4.79 Å². The van der Waals surface area contributed by atoms with Gasteiger partial charge in [-0.05, 0) is 32.9 Å². The lowest BCUT2D eigenvalue weighted by Gasteiger charge is -2.22. The molecule has 0 radical (unpaired) electrons. The van der Waals surface area contributed by atoms with Gasteiger partial charge in [-0.2, -0.15) is 0 Å². The zero-order chi connectivity index (χ0) is 17.9. The van der Waals surface area contributed by atoms with Gasteiger partial charge < -0.3 is 14.5 Å². The van der Waals surface area contributed by atoms with E-state index >= 15 is 0 Å². The van der Waals surface area contributed by atoms with Crippen molar-refractivity contribution in [2.24, 2.45) is 5.28 Å². The third-order valence-electron chi connectivity index (χ3n) is 4.01. The molecule has 8 nitrogen and oxygen atoms in total. The van der Waals surface area contributed by atoms with Gasteiger partial charge in [0.25, 0.3) is 16.2 Å². The first-order valence-electron chi connectivity index (χ1n) is 7.79. The second kappa shape index (κ2) is 6.94. The van der Waals surface area contributed by atoms with Gasteiger partial charge in [0.05, 0.1) is 19.7 Å². The van der Waals surface area contributed by atoms with Gasteiger partial charge in [0.15, 0.2) is 0 Å². The maximum atomic E-state index is 12.5. The highest BCUT2D eigenvalue weighted by Gasteiger charge is 2.36. The van der Waals surface area contributed by atoms with Gasteiger partial charge in [-0.1, -0.05) is 6.07 Å². The van der Waals surface area contributed by atoms with Crippen LogP contribution in [0, 0.1) is 0 Å². The van der Waals surface area contributed by atoms with Crippen molar-refractivity contribution in [3.63, 3.8) is 0 Å². The summed E-state index contributed by atoms with van der Waals surface area (Å²) < 4.78 is 5.18. The lowest BCUT2D eigenvalue weighted by Crippen LogP contribution is -2.43.